The second-order valence-electron chi connectivity index (χ2n) is 5.38. The Hall–Kier alpha value is -1.22. The van der Waals surface area contributed by atoms with E-state index in [0.29, 0.717) is 16.7 Å². The minimum atomic E-state index is 0.158. The number of ether oxygens (including phenoxy) is 1. The monoisotopic (exact) mass is 321 g/mol. The lowest BCUT2D eigenvalue weighted by Crippen LogP contribution is -2.17. The molecule has 2 nitrogen and oxygen atoms in total. The molecule has 110 valence electrons. The van der Waals surface area contributed by atoms with Crippen molar-refractivity contribution in [1.82, 2.24) is 0 Å². The van der Waals surface area contributed by atoms with E-state index in [9.17, 15) is 0 Å². The van der Waals surface area contributed by atoms with Crippen molar-refractivity contribution in [1.29, 1.82) is 0 Å². The molecule has 0 spiro atoms. The van der Waals surface area contributed by atoms with Crippen molar-refractivity contribution in [3.05, 3.63) is 63.1 Å². The summed E-state index contributed by atoms with van der Waals surface area (Å²) in [7, 11) is 0. The largest absolute Gasteiger partial charge is 0.489 e. The van der Waals surface area contributed by atoms with Gasteiger partial charge in [-0.3, -0.25) is 0 Å². The molecule has 0 amide bonds. The van der Waals surface area contributed by atoms with Gasteiger partial charge in [0, 0.05) is 21.7 Å². The highest BCUT2D eigenvalue weighted by Crippen LogP contribution is 2.31. The van der Waals surface area contributed by atoms with Crippen molar-refractivity contribution >= 4 is 23.2 Å². The summed E-state index contributed by atoms with van der Waals surface area (Å²) >= 11 is 12.1. The molecular formula is C17H17Cl2NO. The molecule has 21 heavy (non-hydrogen) atoms. The molecular weight excluding hydrogens is 305 g/mol. The van der Waals surface area contributed by atoms with Gasteiger partial charge in [-0.25, -0.2) is 0 Å². The van der Waals surface area contributed by atoms with E-state index in [-0.39, 0.29) is 6.04 Å². The van der Waals surface area contributed by atoms with Gasteiger partial charge >= 0.3 is 0 Å². The van der Waals surface area contributed by atoms with Gasteiger partial charge in [-0.1, -0.05) is 29.3 Å². The Labute approximate surface area is 134 Å². The molecule has 1 aliphatic rings. The van der Waals surface area contributed by atoms with Crippen LogP contribution >= 0.6 is 23.2 Å². The van der Waals surface area contributed by atoms with E-state index in [1.807, 2.05) is 12.1 Å². The molecule has 2 N–H and O–H groups in total. The summed E-state index contributed by atoms with van der Waals surface area (Å²) in [6.07, 6.45) is 3.27. The maximum Gasteiger partial charge on any atom is 0.120 e. The van der Waals surface area contributed by atoms with Crippen molar-refractivity contribution < 1.29 is 4.74 Å². The lowest BCUT2D eigenvalue weighted by Gasteiger charge is -2.22. The summed E-state index contributed by atoms with van der Waals surface area (Å²) in [6.45, 7) is 0.407. The first kappa shape index (κ1) is 14.7. The highest BCUT2D eigenvalue weighted by atomic mass is 35.5. The normalized spacial score (nSPS) is 17.4. The first-order valence-corrected chi connectivity index (χ1v) is 7.84. The van der Waals surface area contributed by atoms with E-state index in [4.69, 9.17) is 33.7 Å². The van der Waals surface area contributed by atoms with Crippen LogP contribution in [0.1, 0.15) is 35.6 Å². The van der Waals surface area contributed by atoms with E-state index in [2.05, 4.69) is 12.1 Å². The minimum Gasteiger partial charge on any atom is -0.489 e. The van der Waals surface area contributed by atoms with E-state index in [1.54, 1.807) is 12.1 Å². The van der Waals surface area contributed by atoms with Crippen molar-refractivity contribution in [2.24, 2.45) is 5.73 Å². The summed E-state index contributed by atoms with van der Waals surface area (Å²) in [5.41, 5.74) is 9.55. The summed E-state index contributed by atoms with van der Waals surface area (Å²) in [5.74, 6) is 0.846. The molecule has 2 aromatic rings. The third-order valence-corrected chi connectivity index (χ3v) is 4.48. The third-order valence-electron chi connectivity index (χ3n) is 3.88. The highest BCUT2D eigenvalue weighted by Gasteiger charge is 2.17. The van der Waals surface area contributed by atoms with Crippen LogP contribution in [0.5, 0.6) is 5.75 Å². The molecule has 0 saturated carbocycles. The van der Waals surface area contributed by atoms with Crippen LogP contribution in [0.4, 0.5) is 0 Å². The molecule has 3 rings (SSSR count). The topological polar surface area (TPSA) is 35.2 Å². The molecule has 1 atom stereocenters. The number of rotatable bonds is 3. The molecule has 0 aliphatic heterocycles. The number of benzene rings is 2. The molecule has 0 saturated heterocycles. The van der Waals surface area contributed by atoms with E-state index >= 15 is 0 Å². The van der Waals surface area contributed by atoms with Gasteiger partial charge in [-0.2, -0.15) is 0 Å². The average molecular weight is 322 g/mol. The number of hydrogen-bond donors (Lipinski definition) is 1. The van der Waals surface area contributed by atoms with Crippen LogP contribution < -0.4 is 10.5 Å². The fraction of sp³-hybridized carbons (Fsp3) is 0.294. The van der Waals surface area contributed by atoms with E-state index in [0.717, 1.165) is 30.6 Å². The Bertz CT molecular complexity index is 657. The van der Waals surface area contributed by atoms with Crippen molar-refractivity contribution in [3.8, 4) is 5.75 Å². The fourth-order valence-corrected chi connectivity index (χ4v) is 3.10. The molecule has 0 aromatic heterocycles. The number of aryl methyl sites for hydroxylation is 1. The molecule has 0 fully saturated rings. The molecule has 4 heteroatoms. The van der Waals surface area contributed by atoms with Crippen LogP contribution in [0.25, 0.3) is 0 Å². The smallest absolute Gasteiger partial charge is 0.120 e. The van der Waals surface area contributed by atoms with Crippen LogP contribution in [0.3, 0.4) is 0 Å². The van der Waals surface area contributed by atoms with Gasteiger partial charge in [-0.05, 0) is 60.7 Å². The van der Waals surface area contributed by atoms with Gasteiger partial charge in [0.25, 0.3) is 0 Å². The van der Waals surface area contributed by atoms with Crippen molar-refractivity contribution in [3.63, 3.8) is 0 Å². The van der Waals surface area contributed by atoms with E-state index in [1.165, 1.54) is 11.1 Å². The van der Waals surface area contributed by atoms with E-state index < -0.39 is 0 Å². The van der Waals surface area contributed by atoms with Gasteiger partial charge in [0.2, 0.25) is 0 Å². The number of hydrogen-bond acceptors (Lipinski definition) is 2. The Morgan fingerprint density at radius 1 is 1.14 bits per heavy atom. The lowest BCUT2D eigenvalue weighted by molar-refractivity contribution is 0.305. The zero-order chi connectivity index (χ0) is 14.8. The second-order valence-corrected chi connectivity index (χ2v) is 6.23. The fourth-order valence-electron chi connectivity index (χ4n) is 2.73. The third kappa shape index (κ3) is 3.34. The number of halogens is 2. The summed E-state index contributed by atoms with van der Waals surface area (Å²) in [5, 5.41) is 1.33. The summed E-state index contributed by atoms with van der Waals surface area (Å²) in [4.78, 5) is 0. The van der Waals surface area contributed by atoms with Crippen LogP contribution in [-0.4, -0.2) is 0 Å². The van der Waals surface area contributed by atoms with Gasteiger partial charge in [0.1, 0.15) is 12.4 Å². The number of nitrogens with two attached hydrogens (primary N) is 1. The van der Waals surface area contributed by atoms with Crippen molar-refractivity contribution in [2.75, 3.05) is 0 Å². The van der Waals surface area contributed by atoms with Gasteiger partial charge in [0.15, 0.2) is 0 Å². The maximum absolute atomic E-state index is 6.14. The molecule has 2 aromatic carbocycles. The second kappa shape index (κ2) is 6.27. The van der Waals surface area contributed by atoms with Crippen LogP contribution in [0.2, 0.25) is 10.0 Å². The zero-order valence-corrected chi connectivity index (χ0v) is 13.1. The quantitative estimate of drug-likeness (QED) is 0.871. The molecule has 0 heterocycles. The Balaban J connectivity index is 1.75. The maximum atomic E-state index is 6.14. The Morgan fingerprint density at radius 3 is 2.86 bits per heavy atom. The van der Waals surface area contributed by atoms with Crippen molar-refractivity contribution in [2.45, 2.75) is 31.9 Å². The van der Waals surface area contributed by atoms with Crippen LogP contribution in [0, 0.1) is 0 Å². The average Bonchev–Trinajstić information content (AvgIpc) is 2.48. The van der Waals surface area contributed by atoms with Gasteiger partial charge < -0.3 is 10.5 Å². The standard InChI is InChI=1S/C17H17Cl2NO/c18-13-4-7-16(19)12(8-13)10-21-14-5-6-15-11(9-14)2-1-3-17(15)20/h4-9,17H,1-3,10,20H2. The molecule has 0 radical (unpaired) electrons. The van der Waals surface area contributed by atoms with Gasteiger partial charge in [-0.15, -0.1) is 0 Å². The first-order chi connectivity index (χ1) is 10.1. The molecule has 1 aliphatic carbocycles. The predicted molar refractivity (Wildman–Crippen MR) is 87.1 cm³/mol. The Kier molecular flexibility index (Phi) is 4.39. The Morgan fingerprint density at radius 2 is 2.00 bits per heavy atom. The summed E-state index contributed by atoms with van der Waals surface area (Å²) in [6, 6.07) is 11.7. The van der Waals surface area contributed by atoms with Crippen LogP contribution in [-0.2, 0) is 13.0 Å². The molecule has 1 unspecified atom stereocenters. The first-order valence-electron chi connectivity index (χ1n) is 7.08. The van der Waals surface area contributed by atoms with Gasteiger partial charge in [0.05, 0.1) is 0 Å². The molecule has 0 bridgehead atoms. The SMILES string of the molecule is NC1CCCc2cc(OCc3cc(Cl)ccc3Cl)ccc21. The number of fused-ring (bicyclic) bond motifs is 1. The lowest BCUT2D eigenvalue weighted by atomic mass is 9.88. The van der Waals surface area contributed by atoms with Crippen LogP contribution in [0.15, 0.2) is 36.4 Å². The summed E-state index contributed by atoms with van der Waals surface area (Å²) < 4.78 is 5.85. The predicted octanol–water partition coefficient (Wildman–Crippen LogP) is 4.91. The zero-order valence-electron chi connectivity index (χ0n) is 11.6. The highest BCUT2D eigenvalue weighted by molar-refractivity contribution is 6.33. The minimum absolute atomic E-state index is 0.158.